The molecule has 2 aromatic rings. The average Bonchev–Trinajstić information content (AvgIpc) is 2.53. The van der Waals surface area contributed by atoms with Gasteiger partial charge in [-0.05, 0) is 11.1 Å². The molecule has 2 nitrogen and oxygen atoms in total. The third kappa shape index (κ3) is 3.58. The van der Waals surface area contributed by atoms with Crippen LogP contribution in [0.15, 0.2) is 72.8 Å². The molecule has 0 unspecified atom stereocenters. The summed E-state index contributed by atoms with van der Waals surface area (Å²) in [6, 6.07) is 19.4. The number of hydrogen-bond acceptors (Lipinski definition) is 2. The van der Waals surface area contributed by atoms with Gasteiger partial charge in [-0.2, -0.15) is 0 Å². The summed E-state index contributed by atoms with van der Waals surface area (Å²) in [5.74, 6) is -0.389. The number of esters is 1. The summed E-state index contributed by atoms with van der Waals surface area (Å²) < 4.78 is 5.61. The summed E-state index contributed by atoms with van der Waals surface area (Å²) >= 11 is 3.22. The van der Waals surface area contributed by atoms with Gasteiger partial charge in [0.05, 0.1) is 0 Å². The summed E-state index contributed by atoms with van der Waals surface area (Å²) in [5.41, 5.74) is 2.28. The Morgan fingerprint density at radius 2 is 1.45 bits per heavy atom. The molecule has 20 heavy (non-hydrogen) atoms. The van der Waals surface area contributed by atoms with Crippen LogP contribution in [0, 0.1) is 0 Å². The predicted molar refractivity (Wildman–Crippen MR) is 83.8 cm³/mol. The first kappa shape index (κ1) is 14.5. The molecule has 0 spiro atoms. The molecule has 2 rings (SSSR count). The highest BCUT2D eigenvalue weighted by Gasteiger charge is 2.19. The van der Waals surface area contributed by atoms with Crippen molar-refractivity contribution >= 4 is 21.9 Å². The minimum Gasteiger partial charge on any atom is -0.449 e. The van der Waals surface area contributed by atoms with Crippen LogP contribution >= 0.6 is 15.9 Å². The number of carbonyl (C=O) groups is 1. The zero-order valence-corrected chi connectivity index (χ0v) is 12.5. The molecular formula is C17H15BrO2. The molecule has 0 saturated heterocycles. The van der Waals surface area contributed by atoms with E-state index in [2.05, 4.69) is 22.5 Å². The molecule has 0 aliphatic heterocycles. The number of halogens is 1. The largest absolute Gasteiger partial charge is 0.449 e. The second-order valence-electron chi connectivity index (χ2n) is 4.34. The van der Waals surface area contributed by atoms with Gasteiger partial charge >= 0.3 is 5.97 Å². The van der Waals surface area contributed by atoms with Crippen LogP contribution in [0.4, 0.5) is 0 Å². The molecule has 0 amide bonds. The van der Waals surface area contributed by atoms with E-state index in [9.17, 15) is 4.79 Å². The highest BCUT2D eigenvalue weighted by Crippen LogP contribution is 2.26. The fourth-order valence-electron chi connectivity index (χ4n) is 1.83. The van der Waals surface area contributed by atoms with Gasteiger partial charge < -0.3 is 4.74 Å². The van der Waals surface area contributed by atoms with E-state index in [0.29, 0.717) is 10.9 Å². The summed E-state index contributed by atoms with van der Waals surface area (Å²) in [5, 5.41) is 0.405. The van der Waals surface area contributed by atoms with E-state index < -0.39 is 6.10 Å². The average molecular weight is 331 g/mol. The number of rotatable bonds is 5. The summed E-state index contributed by atoms with van der Waals surface area (Å²) in [6.07, 6.45) is -0.416. The Hall–Kier alpha value is -1.87. The van der Waals surface area contributed by atoms with Crippen molar-refractivity contribution in [1.29, 1.82) is 0 Å². The highest BCUT2D eigenvalue weighted by molar-refractivity contribution is 9.09. The number of benzene rings is 2. The topological polar surface area (TPSA) is 26.3 Å². The van der Waals surface area contributed by atoms with E-state index in [1.165, 1.54) is 0 Å². The van der Waals surface area contributed by atoms with Gasteiger partial charge in [-0.15, -0.1) is 0 Å². The first-order valence-electron chi connectivity index (χ1n) is 6.27. The fraction of sp³-hybridized carbons (Fsp3) is 0.118. The van der Waals surface area contributed by atoms with Crippen molar-refractivity contribution in [2.75, 3.05) is 5.33 Å². The first-order valence-corrected chi connectivity index (χ1v) is 7.39. The van der Waals surface area contributed by atoms with Crippen molar-refractivity contribution in [2.45, 2.75) is 6.10 Å². The fourth-order valence-corrected chi connectivity index (χ4v) is 2.06. The maximum Gasteiger partial charge on any atom is 0.335 e. The molecule has 0 heterocycles. The highest BCUT2D eigenvalue weighted by atomic mass is 79.9. The van der Waals surface area contributed by atoms with Gasteiger partial charge in [-0.1, -0.05) is 83.2 Å². The molecule has 3 heteroatoms. The van der Waals surface area contributed by atoms with Crippen LogP contribution in [0.2, 0.25) is 0 Å². The van der Waals surface area contributed by atoms with Gasteiger partial charge in [-0.25, -0.2) is 4.79 Å². The smallest absolute Gasteiger partial charge is 0.335 e. The van der Waals surface area contributed by atoms with E-state index in [1.54, 1.807) is 0 Å². The molecule has 102 valence electrons. The van der Waals surface area contributed by atoms with Crippen molar-refractivity contribution in [3.05, 3.63) is 83.9 Å². The lowest BCUT2D eigenvalue weighted by Crippen LogP contribution is -2.14. The molecule has 0 saturated carbocycles. The van der Waals surface area contributed by atoms with Gasteiger partial charge in [0, 0.05) is 10.9 Å². The molecule has 0 fully saturated rings. The number of carbonyl (C=O) groups excluding carboxylic acids is 1. The molecule has 0 aromatic heterocycles. The van der Waals surface area contributed by atoms with E-state index in [4.69, 9.17) is 4.74 Å². The zero-order chi connectivity index (χ0) is 14.4. The Labute approximate surface area is 127 Å². The van der Waals surface area contributed by atoms with Gasteiger partial charge in [0.25, 0.3) is 0 Å². The summed E-state index contributed by atoms with van der Waals surface area (Å²) in [6.45, 7) is 3.69. The van der Waals surface area contributed by atoms with Crippen LogP contribution in [0.1, 0.15) is 17.2 Å². The number of alkyl halides is 1. The first-order chi connectivity index (χ1) is 9.72. The Kier molecular flexibility index (Phi) is 5.13. The van der Waals surface area contributed by atoms with Gasteiger partial charge in [0.1, 0.15) is 0 Å². The van der Waals surface area contributed by atoms with Crippen LogP contribution in [0.25, 0.3) is 0 Å². The van der Waals surface area contributed by atoms with Crippen molar-refractivity contribution in [1.82, 2.24) is 0 Å². The maximum absolute atomic E-state index is 12.0. The van der Waals surface area contributed by atoms with Crippen LogP contribution in [-0.2, 0) is 9.53 Å². The lowest BCUT2D eigenvalue weighted by molar-refractivity contribution is -0.142. The quantitative estimate of drug-likeness (QED) is 0.465. The standard InChI is InChI=1S/C17H15BrO2/c1-13(12-18)17(19)20-16(14-8-4-2-5-9-14)15-10-6-3-7-11-15/h2-11,16H,1,12H2. The van der Waals surface area contributed by atoms with E-state index in [1.807, 2.05) is 60.7 Å². The van der Waals surface area contributed by atoms with Crippen molar-refractivity contribution in [3.63, 3.8) is 0 Å². The van der Waals surface area contributed by atoms with E-state index in [0.717, 1.165) is 11.1 Å². The second-order valence-corrected chi connectivity index (χ2v) is 4.90. The SMILES string of the molecule is C=C(CBr)C(=O)OC(c1ccccc1)c1ccccc1. The molecule has 2 aromatic carbocycles. The zero-order valence-electron chi connectivity index (χ0n) is 11.0. The van der Waals surface area contributed by atoms with Gasteiger partial charge in [0.15, 0.2) is 6.10 Å². The van der Waals surface area contributed by atoms with Crippen molar-refractivity contribution < 1.29 is 9.53 Å². The minimum atomic E-state index is -0.416. The molecule has 0 N–H and O–H groups in total. The van der Waals surface area contributed by atoms with Crippen LogP contribution in [0.3, 0.4) is 0 Å². The Morgan fingerprint density at radius 3 is 1.85 bits per heavy atom. The molecular weight excluding hydrogens is 316 g/mol. The van der Waals surface area contributed by atoms with E-state index >= 15 is 0 Å². The third-order valence-electron chi connectivity index (χ3n) is 2.88. The van der Waals surface area contributed by atoms with Crippen LogP contribution in [0.5, 0.6) is 0 Å². The molecule has 0 atom stereocenters. The second kappa shape index (κ2) is 7.06. The molecule has 0 aliphatic rings. The normalized spacial score (nSPS) is 10.3. The van der Waals surface area contributed by atoms with Crippen LogP contribution < -0.4 is 0 Å². The minimum absolute atomic E-state index is 0.389. The van der Waals surface area contributed by atoms with Gasteiger partial charge in [0.2, 0.25) is 0 Å². The number of ether oxygens (including phenoxy) is 1. The van der Waals surface area contributed by atoms with Gasteiger partial charge in [-0.3, -0.25) is 0 Å². The molecule has 0 radical (unpaired) electrons. The summed E-state index contributed by atoms with van der Waals surface area (Å²) in [7, 11) is 0. The monoisotopic (exact) mass is 330 g/mol. The van der Waals surface area contributed by atoms with E-state index in [-0.39, 0.29) is 5.97 Å². The Bertz CT molecular complexity index is 539. The summed E-state index contributed by atoms with van der Waals surface area (Å²) in [4.78, 5) is 12.0. The van der Waals surface area contributed by atoms with Crippen LogP contribution in [-0.4, -0.2) is 11.3 Å². The van der Waals surface area contributed by atoms with Crippen molar-refractivity contribution in [2.24, 2.45) is 0 Å². The lowest BCUT2D eigenvalue weighted by Gasteiger charge is -2.19. The Balaban J connectivity index is 2.31. The maximum atomic E-state index is 12.0. The Morgan fingerprint density at radius 1 is 1.00 bits per heavy atom. The number of hydrogen-bond donors (Lipinski definition) is 0. The molecule has 0 aliphatic carbocycles. The third-order valence-corrected chi connectivity index (χ3v) is 3.56. The molecule has 0 bridgehead atoms. The van der Waals surface area contributed by atoms with Crippen molar-refractivity contribution in [3.8, 4) is 0 Å². The lowest BCUT2D eigenvalue weighted by atomic mass is 10.0. The predicted octanol–water partition coefficient (Wildman–Crippen LogP) is 4.27.